The minimum absolute atomic E-state index is 0.0337. The maximum atomic E-state index is 11.9. The van der Waals surface area contributed by atoms with E-state index >= 15 is 0 Å². The van der Waals surface area contributed by atoms with Gasteiger partial charge in [0, 0.05) is 18.6 Å². The van der Waals surface area contributed by atoms with Crippen LogP contribution in [-0.4, -0.2) is 25.0 Å². The van der Waals surface area contributed by atoms with Crippen LogP contribution in [0.4, 0.5) is 13.2 Å². The monoisotopic (exact) mass is 278 g/mol. The molecule has 0 spiro atoms. The molecule has 1 rings (SSSR count). The molecule has 0 aliphatic carbocycles. The highest BCUT2D eigenvalue weighted by Crippen LogP contribution is 2.23. The van der Waals surface area contributed by atoms with Crippen molar-refractivity contribution >= 4 is 0 Å². The minimum atomic E-state index is -4.14. The van der Waals surface area contributed by atoms with Crippen molar-refractivity contribution in [1.29, 1.82) is 0 Å². The number of alkyl halides is 3. The largest absolute Gasteiger partial charge is 0.496 e. The van der Waals surface area contributed by atoms with Crippen LogP contribution in [0.3, 0.4) is 0 Å². The van der Waals surface area contributed by atoms with Crippen molar-refractivity contribution in [3.63, 3.8) is 0 Å². The van der Waals surface area contributed by atoms with Crippen LogP contribution in [0.5, 0.6) is 5.75 Å². The highest BCUT2D eigenvalue weighted by Gasteiger charge is 2.25. The zero-order chi connectivity index (χ0) is 14.3. The molecule has 0 aliphatic heterocycles. The lowest BCUT2D eigenvalue weighted by Gasteiger charge is -2.11. The van der Waals surface area contributed by atoms with Crippen LogP contribution in [0.25, 0.3) is 0 Å². The summed E-state index contributed by atoms with van der Waals surface area (Å²) in [5.41, 5.74) is 1.41. The van der Waals surface area contributed by atoms with Crippen molar-refractivity contribution in [2.75, 3.05) is 13.7 Å². The minimum Gasteiger partial charge on any atom is -0.496 e. The molecule has 0 heterocycles. The Labute approximate surface area is 110 Å². The van der Waals surface area contributed by atoms with E-state index in [-0.39, 0.29) is 26.2 Å². The Morgan fingerprint density at radius 2 is 2.00 bits per heavy atom. The molecule has 0 amide bonds. The fourth-order valence-corrected chi connectivity index (χ4v) is 1.60. The number of hydrogen-bond donors (Lipinski definition) is 1. The highest BCUT2D eigenvalue weighted by atomic mass is 19.4. The second kappa shape index (κ2) is 7.35. The van der Waals surface area contributed by atoms with Gasteiger partial charge in [-0.1, -0.05) is 6.07 Å². The zero-order valence-corrected chi connectivity index (χ0v) is 10.7. The molecule has 0 fully saturated rings. The maximum Gasteiger partial charge on any atom is 0.389 e. The molecule has 6 heteroatoms. The summed E-state index contributed by atoms with van der Waals surface area (Å²) in [6, 6.07) is 5.12. The van der Waals surface area contributed by atoms with Gasteiger partial charge in [0.05, 0.1) is 20.3 Å². The number of methoxy groups -OCH3 is 1. The molecule has 0 aliphatic rings. The van der Waals surface area contributed by atoms with Crippen LogP contribution < -0.4 is 4.74 Å². The van der Waals surface area contributed by atoms with Crippen LogP contribution in [0.2, 0.25) is 0 Å². The lowest BCUT2D eigenvalue weighted by molar-refractivity contribution is -0.138. The number of aliphatic hydroxyl groups excluding tert-OH is 1. The fourth-order valence-electron chi connectivity index (χ4n) is 1.60. The van der Waals surface area contributed by atoms with Gasteiger partial charge in [-0.3, -0.25) is 0 Å². The Bertz CT molecular complexity index is 391. The fraction of sp³-hybridized carbons (Fsp3) is 0.538. The molecule has 1 N–H and O–H groups in total. The maximum absolute atomic E-state index is 11.9. The van der Waals surface area contributed by atoms with Gasteiger partial charge in [0.2, 0.25) is 0 Å². The first-order valence-corrected chi connectivity index (χ1v) is 5.87. The van der Waals surface area contributed by atoms with E-state index in [2.05, 4.69) is 0 Å². The number of aliphatic hydroxyl groups is 1. The molecule has 0 saturated carbocycles. The van der Waals surface area contributed by atoms with Crippen LogP contribution >= 0.6 is 0 Å². The molecule has 0 radical (unpaired) electrons. The molecule has 19 heavy (non-hydrogen) atoms. The SMILES string of the molecule is COc1ccc(CO)cc1COCCCC(F)(F)F. The van der Waals surface area contributed by atoms with E-state index < -0.39 is 12.6 Å². The Morgan fingerprint density at radius 1 is 1.26 bits per heavy atom. The van der Waals surface area contributed by atoms with E-state index in [1.165, 1.54) is 7.11 Å². The summed E-state index contributed by atoms with van der Waals surface area (Å²) in [6.07, 6.45) is -5.05. The van der Waals surface area contributed by atoms with Gasteiger partial charge in [0.15, 0.2) is 0 Å². The van der Waals surface area contributed by atoms with Crippen LogP contribution in [-0.2, 0) is 18.0 Å². The van der Waals surface area contributed by atoms with Gasteiger partial charge in [0.25, 0.3) is 0 Å². The molecule has 108 valence electrons. The highest BCUT2D eigenvalue weighted by molar-refractivity contribution is 5.36. The number of ether oxygens (including phenoxy) is 2. The summed E-state index contributed by atoms with van der Waals surface area (Å²) >= 11 is 0. The number of rotatable bonds is 7. The summed E-state index contributed by atoms with van der Waals surface area (Å²) in [7, 11) is 1.50. The van der Waals surface area contributed by atoms with Crippen molar-refractivity contribution in [2.45, 2.75) is 32.2 Å². The van der Waals surface area contributed by atoms with E-state index in [0.29, 0.717) is 16.9 Å². The molecule has 1 aromatic rings. The van der Waals surface area contributed by atoms with E-state index in [4.69, 9.17) is 14.6 Å². The standard InChI is InChI=1S/C13H17F3O3/c1-18-12-4-3-10(8-17)7-11(12)9-19-6-2-5-13(14,15)16/h3-4,7,17H,2,5-6,8-9H2,1H3. The molecule has 0 unspecified atom stereocenters. The van der Waals surface area contributed by atoms with Crippen molar-refractivity contribution in [1.82, 2.24) is 0 Å². The molecular formula is C13H17F3O3. The Hall–Kier alpha value is -1.27. The van der Waals surface area contributed by atoms with Gasteiger partial charge in [-0.2, -0.15) is 13.2 Å². The third-order valence-electron chi connectivity index (χ3n) is 2.53. The summed E-state index contributed by atoms with van der Waals surface area (Å²) in [5.74, 6) is 0.591. The van der Waals surface area contributed by atoms with Gasteiger partial charge in [-0.25, -0.2) is 0 Å². The first kappa shape index (κ1) is 15.8. The molecule has 0 aromatic heterocycles. The average Bonchev–Trinajstić information content (AvgIpc) is 2.36. The normalized spacial score (nSPS) is 11.6. The predicted molar refractivity (Wildman–Crippen MR) is 63.9 cm³/mol. The lowest BCUT2D eigenvalue weighted by Crippen LogP contribution is -2.09. The Balaban J connectivity index is 2.43. The van der Waals surface area contributed by atoms with Crippen LogP contribution in [0, 0.1) is 0 Å². The second-order valence-electron chi connectivity index (χ2n) is 4.08. The smallest absolute Gasteiger partial charge is 0.389 e. The van der Waals surface area contributed by atoms with E-state index in [1.54, 1.807) is 18.2 Å². The average molecular weight is 278 g/mol. The van der Waals surface area contributed by atoms with Crippen LogP contribution in [0.15, 0.2) is 18.2 Å². The van der Waals surface area contributed by atoms with Gasteiger partial charge >= 0.3 is 6.18 Å². The van der Waals surface area contributed by atoms with Crippen molar-refractivity contribution in [2.24, 2.45) is 0 Å². The van der Waals surface area contributed by atoms with Gasteiger partial charge < -0.3 is 14.6 Å². The molecule has 0 saturated heterocycles. The summed E-state index contributed by atoms with van der Waals surface area (Å²) in [4.78, 5) is 0. The first-order valence-electron chi connectivity index (χ1n) is 5.87. The quantitative estimate of drug-likeness (QED) is 0.779. The Morgan fingerprint density at radius 3 is 2.58 bits per heavy atom. The zero-order valence-electron chi connectivity index (χ0n) is 10.7. The van der Waals surface area contributed by atoms with E-state index in [9.17, 15) is 13.2 Å². The van der Waals surface area contributed by atoms with E-state index in [0.717, 1.165) is 0 Å². The molecule has 0 atom stereocenters. The number of hydrogen-bond acceptors (Lipinski definition) is 3. The van der Waals surface area contributed by atoms with Crippen molar-refractivity contribution in [3.8, 4) is 5.75 Å². The molecule has 3 nitrogen and oxygen atoms in total. The summed E-state index contributed by atoms with van der Waals surface area (Å²) in [5, 5.41) is 9.02. The number of halogens is 3. The molecule has 0 bridgehead atoms. The second-order valence-corrected chi connectivity index (χ2v) is 4.08. The summed E-state index contributed by atoms with van der Waals surface area (Å²) in [6.45, 7) is 0.0892. The summed E-state index contributed by atoms with van der Waals surface area (Å²) < 4.78 is 46.1. The predicted octanol–water partition coefficient (Wildman–Crippen LogP) is 3.05. The van der Waals surface area contributed by atoms with Gasteiger partial charge in [-0.15, -0.1) is 0 Å². The third-order valence-corrected chi connectivity index (χ3v) is 2.53. The lowest BCUT2D eigenvalue weighted by atomic mass is 10.1. The van der Waals surface area contributed by atoms with Crippen molar-refractivity contribution < 1.29 is 27.8 Å². The number of benzene rings is 1. The van der Waals surface area contributed by atoms with Gasteiger partial charge in [-0.05, 0) is 24.1 Å². The molecule has 1 aromatic carbocycles. The topological polar surface area (TPSA) is 38.7 Å². The van der Waals surface area contributed by atoms with E-state index in [1.807, 2.05) is 0 Å². The van der Waals surface area contributed by atoms with Crippen molar-refractivity contribution in [3.05, 3.63) is 29.3 Å². The van der Waals surface area contributed by atoms with Gasteiger partial charge in [0.1, 0.15) is 5.75 Å². The molecular weight excluding hydrogens is 261 g/mol. The Kier molecular flexibility index (Phi) is 6.11. The third kappa shape index (κ3) is 5.94. The van der Waals surface area contributed by atoms with Crippen LogP contribution in [0.1, 0.15) is 24.0 Å². The first-order chi connectivity index (χ1) is 8.96.